The Morgan fingerprint density at radius 2 is 1.72 bits per heavy atom. The summed E-state index contributed by atoms with van der Waals surface area (Å²) in [6.07, 6.45) is 8.23. The summed E-state index contributed by atoms with van der Waals surface area (Å²) in [4.78, 5) is 26.6. The third-order valence-electron chi connectivity index (χ3n) is 4.74. The summed E-state index contributed by atoms with van der Waals surface area (Å²) in [6.45, 7) is 0.755. The molecule has 1 fully saturated rings. The standard InChI is InChI=1S/C21H24N2O5S/c24-20(19-6-5-13-22-19)16-28-21(25)12-9-17-7-10-18(11-8-17)29(26,27)23-14-3-1-2-4-15-23/h5-13,22H,1-4,14-16H2/b12-9+. The van der Waals surface area contributed by atoms with Crippen LogP contribution in [0.5, 0.6) is 0 Å². The van der Waals surface area contributed by atoms with Gasteiger partial charge in [-0.15, -0.1) is 0 Å². The van der Waals surface area contributed by atoms with Gasteiger partial charge in [-0.05, 0) is 48.7 Å². The van der Waals surface area contributed by atoms with Crippen molar-refractivity contribution in [2.24, 2.45) is 0 Å². The second-order valence-corrected chi connectivity index (χ2v) is 8.77. The van der Waals surface area contributed by atoms with Gasteiger partial charge in [0.2, 0.25) is 15.8 Å². The number of hydrogen-bond donors (Lipinski definition) is 1. The van der Waals surface area contributed by atoms with Gasteiger partial charge in [0.1, 0.15) is 0 Å². The minimum atomic E-state index is -3.50. The molecule has 29 heavy (non-hydrogen) atoms. The molecule has 0 bridgehead atoms. The molecule has 8 heteroatoms. The fourth-order valence-electron chi connectivity index (χ4n) is 3.11. The summed E-state index contributed by atoms with van der Waals surface area (Å²) in [6, 6.07) is 9.65. The number of Topliss-reactive ketones (excluding diaryl/α,β-unsaturated/α-hetero) is 1. The van der Waals surface area contributed by atoms with Crippen molar-refractivity contribution in [1.29, 1.82) is 0 Å². The Hall–Kier alpha value is -2.71. The van der Waals surface area contributed by atoms with Crippen LogP contribution in [0.25, 0.3) is 6.08 Å². The number of carbonyl (C=O) groups is 2. The highest BCUT2D eigenvalue weighted by molar-refractivity contribution is 7.89. The molecule has 1 aromatic heterocycles. The fraction of sp³-hybridized carbons (Fsp3) is 0.333. The molecule has 1 aromatic carbocycles. The van der Waals surface area contributed by atoms with Crippen molar-refractivity contribution >= 4 is 27.9 Å². The van der Waals surface area contributed by atoms with E-state index in [-0.39, 0.29) is 17.3 Å². The van der Waals surface area contributed by atoms with Crippen molar-refractivity contribution in [3.05, 3.63) is 59.9 Å². The van der Waals surface area contributed by atoms with Gasteiger partial charge in [-0.25, -0.2) is 13.2 Å². The van der Waals surface area contributed by atoms with Gasteiger partial charge in [0.15, 0.2) is 6.61 Å². The van der Waals surface area contributed by atoms with Crippen LogP contribution in [-0.2, 0) is 19.6 Å². The number of esters is 1. The average molecular weight is 416 g/mol. The van der Waals surface area contributed by atoms with Crippen LogP contribution < -0.4 is 0 Å². The van der Waals surface area contributed by atoms with E-state index in [0.717, 1.165) is 25.7 Å². The predicted molar refractivity (Wildman–Crippen MR) is 109 cm³/mol. The lowest BCUT2D eigenvalue weighted by Gasteiger charge is -2.19. The largest absolute Gasteiger partial charge is 0.454 e. The van der Waals surface area contributed by atoms with Crippen molar-refractivity contribution in [2.45, 2.75) is 30.6 Å². The van der Waals surface area contributed by atoms with E-state index in [4.69, 9.17) is 4.74 Å². The summed E-state index contributed by atoms with van der Waals surface area (Å²) in [5.41, 5.74) is 1.04. The second-order valence-electron chi connectivity index (χ2n) is 6.84. The fourth-order valence-corrected chi connectivity index (χ4v) is 4.63. The topological polar surface area (TPSA) is 96.5 Å². The van der Waals surface area contributed by atoms with Crippen LogP contribution >= 0.6 is 0 Å². The number of ether oxygens (including phenoxy) is 1. The number of H-pyrrole nitrogens is 1. The van der Waals surface area contributed by atoms with E-state index < -0.39 is 16.0 Å². The molecule has 1 N–H and O–H groups in total. The summed E-state index contributed by atoms with van der Waals surface area (Å²) >= 11 is 0. The monoisotopic (exact) mass is 416 g/mol. The molecular formula is C21H24N2O5S. The van der Waals surface area contributed by atoms with E-state index in [0.29, 0.717) is 24.3 Å². The normalized spacial score (nSPS) is 15.9. The number of benzene rings is 1. The van der Waals surface area contributed by atoms with Gasteiger partial charge in [-0.2, -0.15) is 4.31 Å². The SMILES string of the molecule is O=C(/C=C/c1ccc(S(=O)(=O)N2CCCCCC2)cc1)OCC(=O)c1ccc[nH]1. The zero-order chi connectivity index (χ0) is 20.7. The molecule has 2 heterocycles. The molecule has 0 unspecified atom stereocenters. The van der Waals surface area contributed by atoms with E-state index >= 15 is 0 Å². The minimum Gasteiger partial charge on any atom is -0.454 e. The zero-order valence-corrected chi connectivity index (χ0v) is 16.9. The molecule has 154 valence electrons. The van der Waals surface area contributed by atoms with E-state index in [2.05, 4.69) is 4.98 Å². The zero-order valence-electron chi connectivity index (χ0n) is 16.0. The number of ketones is 1. The Labute approximate surface area is 170 Å². The van der Waals surface area contributed by atoms with Crippen LogP contribution in [0.2, 0.25) is 0 Å². The predicted octanol–water partition coefficient (Wildman–Crippen LogP) is 3.02. The number of aromatic amines is 1. The van der Waals surface area contributed by atoms with E-state index in [1.54, 1.807) is 46.9 Å². The lowest BCUT2D eigenvalue weighted by molar-refractivity contribution is -0.136. The quantitative estimate of drug-likeness (QED) is 0.425. The third kappa shape index (κ3) is 5.65. The molecule has 0 spiro atoms. The molecule has 7 nitrogen and oxygen atoms in total. The van der Waals surface area contributed by atoms with Crippen molar-refractivity contribution in [2.75, 3.05) is 19.7 Å². The lowest BCUT2D eigenvalue weighted by atomic mass is 10.2. The highest BCUT2D eigenvalue weighted by atomic mass is 32.2. The third-order valence-corrected chi connectivity index (χ3v) is 6.65. The van der Waals surface area contributed by atoms with Crippen molar-refractivity contribution < 1.29 is 22.7 Å². The van der Waals surface area contributed by atoms with Gasteiger partial charge in [0.25, 0.3) is 0 Å². The second kappa shape index (κ2) is 9.67. The maximum atomic E-state index is 12.8. The van der Waals surface area contributed by atoms with Crippen LogP contribution in [-0.4, -0.2) is 49.2 Å². The van der Waals surface area contributed by atoms with Crippen LogP contribution in [0.3, 0.4) is 0 Å². The van der Waals surface area contributed by atoms with Crippen molar-refractivity contribution in [3.63, 3.8) is 0 Å². The minimum absolute atomic E-state index is 0.246. The summed E-state index contributed by atoms with van der Waals surface area (Å²) < 4.78 is 32.0. The Balaban J connectivity index is 1.56. The maximum absolute atomic E-state index is 12.8. The number of hydrogen-bond acceptors (Lipinski definition) is 5. The van der Waals surface area contributed by atoms with Crippen LogP contribution in [0.15, 0.2) is 53.6 Å². The molecule has 0 radical (unpaired) electrons. The Morgan fingerprint density at radius 1 is 1.03 bits per heavy atom. The molecule has 0 amide bonds. The number of sulfonamides is 1. The Kier molecular flexibility index (Phi) is 7.00. The van der Waals surface area contributed by atoms with Crippen LogP contribution in [0, 0.1) is 0 Å². The molecule has 2 aromatic rings. The first-order valence-electron chi connectivity index (χ1n) is 9.58. The first kappa shape index (κ1) is 21.0. The molecular weight excluding hydrogens is 392 g/mol. The number of nitrogens with one attached hydrogen (secondary N) is 1. The van der Waals surface area contributed by atoms with Crippen molar-refractivity contribution in [1.82, 2.24) is 9.29 Å². The molecule has 1 aliphatic heterocycles. The maximum Gasteiger partial charge on any atom is 0.331 e. The van der Waals surface area contributed by atoms with Crippen LogP contribution in [0.1, 0.15) is 41.7 Å². The first-order valence-corrected chi connectivity index (χ1v) is 11.0. The van der Waals surface area contributed by atoms with E-state index in [9.17, 15) is 18.0 Å². The van der Waals surface area contributed by atoms with E-state index in [1.807, 2.05) is 0 Å². The highest BCUT2D eigenvalue weighted by Crippen LogP contribution is 2.21. The van der Waals surface area contributed by atoms with E-state index in [1.165, 1.54) is 12.2 Å². The number of nitrogens with zero attached hydrogens (tertiary/aromatic N) is 1. The molecule has 1 saturated heterocycles. The Morgan fingerprint density at radius 3 is 2.34 bits per heavy atom. The highest BCUT2D eigenvalue weighted by Gasteiger charge is 2.24. The first-order chi connectivity index (χ1) is 14.0. The van der Waals surface area contributed by atoms with Crippen LogP contribution in [0.4, 0.5) is 0 Å². The average Bonchev–Trinajstić information content (AvgIpc) is 3.12. The Bertz CT molecular complexity index is 955. The number of rotatable bonds is 7. The van der Waals surface area contributed by atoms with Gasteiger partial charge in [-0.1, -0.05) is 25.0 Å². The van der Waals surface area contributed by atoms with Crippen molar-refractivity contribution in [3.8, 4) is 0 Å². The van der Waals surface area contributed by atoms with Gasteiger partial charge in [-0.3, -0.25) is 4.79 Å². The molecule has 0 saturated carbocycles. The van der Waals surface area contributed by atoms with Gasteiger partial charge in [0.05, 0.1) is 10.6 Å². The molecule has 3 rings (SSSR count). The van der Waals surface area contributed by atoms with Gasteiger partial charge >= 0.3 is 5.97 Å². The smallest absolute Gasteiger partial charge is 0.331 e. The summed E-state index contributed by atoms with van der Waals surface area (Å²) in [7, 11) is -3.50. The number of aromatic nitrogens is 1. The van der Waals surface area contributed by atoms with Gasteiger partial charge < -0.3 is 9.72 Å². The summed E-state index contributed by atoms with van der Waals surface area (Å²) in [5, 5.41) is 0. The summed E-state index contributed by atoms with van der Waals surface area (Å²) in [5.74, 6) is -0.967. The molecule has 0 aliphatic carbocycles. The lowest BCUT2D eigenvalue weighted by Crippen LogP contribution is -2.31. The molecule has 0 atom stereocenters. The van der Waals surface area contributed by atoms with Gasteiger partial charge in [0, 0.05) is 25.4 Å². The molecule has 1 aliphatic rings. The number of carbonyl (C=O) groups excluding carboxylic acids is 2.